The van der Waals surface area contributed by atoms with Gasteiger partial charge in [-0.1, -0.05) is 45.4 Å². The number of ether oxygens (including phenoxy) is 1. The van der Waals surface area contributed by atoms with Crippen LogP contribution in [0.15, 0.2) is 0 Å². The average molecular weight is 270 g/mol. The van der Waals surface area contributed by atoms with Gasteiger partial charge in [0.1, 0.15) is 0 Å². The van der Waals surface area contributed by atoms with E-state index < -0.39 is 0 Å². The van der Waals surface area contributed by atoms with Crippen molar-refractivity contribution in [2.24, 2.45) is 0 Å². The summed E-state index contributed by atoms with van der Waals surface area (Å²) in [5.74, 6) is 0.169. The Bertz CT molecular complexity index is 228. The van der Waals surface area contributed by atoms with Gasteiger partial charge in [0.05, 0.1) is 12.7 Å². The van der Waals surface area contributed by atoms with Crippen molar-refractivity contribution in [2.75, 3.05) is 26.2 Å². The number of nitrogens with one attached hydrogen (secondary N) is 2. The fourth-order valence-corrected chi connectivity index (χ4v) is 2.31. The molecular formula is C15H30N2O2. The molecule has 2 N–H and O–H groups in total. The van der Waals surface area contributed by atoms with Gasteiger partial charge in [-0.05, 0) is 6.42 Å². The molecular weight excluding hydrogens is 240 g/mol. The van der Waals surface area contributed by atoms with Crippen LogP contribution in [-0.2, 0) is 9.53 Å². The zero-order chi connectivity index (χ0) is 13.8. The summed E-state index contributed by atoms with van der Waals surface area (Å²) in [7, 11) is 0. The van der Waals surface area contributed by atoms with Crippen molar-refractivity contribution < 1.29 is 9.53 Å². The number of carbonyl (C=O) groups is 1. The third-order valence-corrected chi connectivity index (χ3v) is 3.54. The highest BCUT2D eigenvalue weighted by atomic mass is 16.5. The molecule has 0 aliphatic carbocycles. The Hall–Kier alpha value is -0.610. The van der Waals surface area contributed by atoms with Gasteiger partial charge in [-0.2, -0.15) is 0 Å². The molecule has 1 rings (SSSR count). The molecule has 0 bridgehead atoms. The molecule has 1 heterocycles. The molecule has 1 unspecified atom stereocenters. The molecule has 4 nitrogen and oxygen atoms in total. The summed E-state index contributed by atoms with van der Waals surface area (Å²) in [6, 6.07) is 0. The number of hydrogen-bond acceptors (Lipinski definition) is 3. The molecule has 1 fully saturated rings. The van der Waals surface area contributed by atoms with Gasteiger partial charge in [0.15, 0.2) is 0 Å². The third kappa shape index (κ3) is 9.00. The molecule has 0 spiro atoms. The highest BCUT2D eigenvalue weighted by molar-refractivity contribution is 5.75. The first kappa shape index (κ1) is 16.4. The predicted octanol–water partition coefficient (Wildman–Crippen LogP) is 2.23. The van der Waals surface area contributed by atoms with E-state index in [1.807, 2.05) is 0 Å². The monoisotopic (exact) mass is 270 g/mol. The topological polar surface area (TPSA) is 50.4 Å². The van der Waals surface area contributed by atoms with E-state index in [4.69, 9.17) is 4.74 Å². The Morgan fingerprint density at radius 3 is 2.63 bits per heavy atom. The summed E-state index contributed by atoms with van der Waals surface area (Å²) < 4.78 is 5.53. The zero-order valence-corrected chi connectivity index (χ0v) is 12.4. The lowest BCUT2D eigenvalue weighted by Crippen LogP contribution is -2.45. The lowest BCUT2D eigenvalue weighted by Gasteiger charge is -2.23. The Kier molecular flexibility index (Phi) is 9.72. The zero-order valence-electron chi connectivity index (χ0n) is 12.4. The van der Waals surface area contributed by atoms with E-state index in [9.17, 15) is 4.79 Å². The number of amides is 1. The minimum Gasteiger partial charge on any atom is -0.374 e. The van der Waals surface area contributed by atoms with Gasteiger partial charge in [-0.15, -0.1) is 0 Å². The van der Waals surface area contributed by atoms with E-state index in [0.717, 1.165) is 26.1 Å². The van der Waals surface area contributed by atoms with Gasteiger partial charge >= 0.3 is 0 Å². The van der Waals surface area contributed by atoms with Crippen molar-refractivity contribution in [3.8, 4) is 0 Å². The molecule has 0 aromatic rings. The molecule has 0 saturated carbocycles. The van der Waals surface area contributed by atoms with E-state index in [0.29, 0.717) is 13.0 Å². The van der Waals surface area contributed by atoms with E-state index in [1.165, 1.54) is 38.5 Å². The van der Waals surface area contributed by atoms with Crippen molar-refractivity contribution in [1.82, 2.24) is 10.6 Å². The Morgan fingerprint density at radius 2 is 1.95 bits per heavy atom. The number of carbonyl (C=O) groups excluding carboxylic acids is 1. The van der Waals surface area contributed by atoms with Crippen molar-refractivity contribution >= 4 is 5.91 Å². The maximum absolute atomic E-state index is 11.6. The van der Waals surface area contributed by atoms with Gasteiger partial charge in [0.25, 0.3) is 0 Å². The summed E-state index contributed by atoms with van der Waals surface area (Å²) in [6.45, 7) is 5.39. The smallest absolute Gasteiger partial charge is 0.220 e. The number of morpholine rings is 1. The van der Waals surface area contributed by atoms with Crippen LogP contribution in [0.4, 0.5) is 0 Å². The van der Waals surface area contributed by atoms with Crippen LogP contribution in [0, 0.1) is 0 Å². The standard InChI is InChI=1S/C15H30N2O2/c1-2-3-4-5-6-7-8-9-15(18)17-13-14-12-16-10-11-19-14/h14,16H,2-13H2,1H3,(H,17,18). The van der Waals surface area contributed by atoms with Gasteiger partial charge in [0.2, 0.25) is 5.91 Å². The van der Waals surface area contributed by atoms with Crippen LogP contribution in [0.3, 0.4) is 0 Å². The lowest BCUT2D eigenvalue weighted by molar-refractivity contribution is -0.122. The highest BCUT2D eigenvalue weighted by Gasteiger charge is 2.13. The molecule has 19 heavy (non-hydrogen) atoms. The summed E-state index contributed by atoms with van der Waals surface area (Å²) in [6.07, 6.45) is 9.56. The first-order chi connectivity index (χ1) is 9.33. The van der Waals surface area contributed by atoms with Crippen LogP contribution in [0.25, 0.3) is 0 Å². The Morgan fingerprint density at radius 1 is 1.21 bits per heavy atom. The largest absolute Gasteiger partial charge is 0.374 e. The van der Waals surface area contributed by atoms with E-state index in [1.54, 1.807) is 0 Å². The molecule has 1 saturated heterocycles. The minimum absolute atomic E-state index is 0.145. The van der Waals surface area contributed by atoms with Crippen LogP contribution in [0.1, 0.15) is 58.3 Å². The van der Waals surface area contributed by atoms with E-state index in [2.05, 4.69) is 17.6 Å². The fourth-order valence-electron chi connectivity index (χ4n) is 2.31. The molecule has 1 atom stereocenters. The van der Waals surface area contributed by atoms with Crippen LogP contribution < -0.4 is 10.6 Å². The van der Waals surface area contributed by atoms with Gasteiger partial charge in [-0.25, -0.2) is 0 Å². The quantitative estimate of drug-likeness (QED) is 0.599. The molecule has 1 aliphatic rings. The minimum atomic E-state index is 0.145. The molecule has 1 amide bonds. The third-order valence-electron chi connectivity index (χ3n) is 3.54. The maximum atomic E-state index is 11.6. The molecule has 0 aromatic carbocycles. The fraction of sp³-hybridized carbons (Fsp3) is 0.933. The van der Waals surface area contributed by atoms with Crippen molar-refractivity contribution in [3.05, 3.63) is 0 Å². The first-order valence-electron chi connectivity index (χ1n) is 7.92. The molecule has 0 radical (unpaired) electrons. The van der Waals surface area contributed by atoms with Crippen LogP contribution in [0.2, 0.25) is 0 Å². The van der Waals surface area contributed by atoms with Crippen molar-refractivity contribution in [2.45, 2.75) is 64.4 Å². The summed E-state index contributed by atoms with van der Waals surface area (Å²) >= 11 is 0. The second-order valence-corrected chi connectivity index (χ2v) is 5.37. The van der Waals surface area contributed by atoms with Crippen molar-refractivity contribution in [1.29, 1.82) is 0 Å². The van der Waals surface area contributed by atoms with Crippen LogP contribution >= 0.6 is 0 Å². The normalized spacial score (nSPS) is 19.3. The molecule has 4 heteroatoms. The summed E-state index contributed by atoms with van der Waals surface area (Å²) in [5, 5.41) is 6.22. The van der Waals surface area contributed by atoms with E-state index in [-0.39, 0.29) is 12.0 Å². The number of rotatable bonds is 10. The van der Waals surface area contributed by atoms with Crippen LogP contribution in [0.5, 0.6) is 0 Å². The maximum Gasteiger partial charge on any atom is 0.220 e. The van der Waals surface area contributed by atoms with E-state index >= 15 is 0 Å². The number of unbranched alkanes of at least 4 members (excludes halogenated alkanes) is 6. The summed E-state index contributed by atoms with van der Waals surface area (Å²) in [5.41, 5.74) is 0. The second kappa shape index (κ2) is 11.2. The molecule has 1 aliphatic heterocycles. The van der Waals surface area contributed by atoms with Gasteiger partial charge < -0.3 is 15.4 Å². The second-order valence-electron chi connectivity index (χ2n) is 5.37. The lowest BCUT2D eigenvalue weighted by atomic mass is 10.1. The summed E-state index contributed by atoms with van der Waals surface area (Å²) in [4.78, 5) is 11.6. The molecule has 0 aromatic heterocycles. The Labute approximate surface area is 117 Å². The van der Waals surface area contributed by atoms with Gasteiger partial charge in [-0.3, -0.25) is 4.79 Å². The van der Waals surface area contributed by atoms with Crippen LogP contribution in [-0.4, -0.2) is 38.3 Å². The van der Waals surface area contributed by atoms with Gasteiger partial charge in [0, 0.05) is 26.1 Å². The Balaban J connectivity index is 1.87. The molecule has 112 valence electrons. The first-order valence-corrected chi connectivity index (χ1v) is 7.92. The average Bonchev–Trinajstić information content (AvgIpc) is 2.45. The number of hydrogen-bond donors (Lipinski definition) is 2. The highest BCUT2D eigenvalue weighted by Crippen LogP contribution is 2.08. The SMILES string of the molecule is CCCCCCCCCC(=O)NCC1CNCCO1. The van der Waals surface area contributed by atoms with Crippen molar-refractivity contribution in [3.63, 3.8) is 0 Å². The predicted molar refractivity (Wildman–Crippen MR) is 78.2 cm³/mol.